The maximum atomic E-state index is 13.3. The molecule has 0 saturated carbocycles. The minimum atomic E-state index is -0.339. The number of hydrogen-bond acceptors (Lipinski definition) is 2. The van der Waals surface area contributed by atoms with Crippen molar-refractivity contribution in [3.63, 3.8) is 0 Å². The lowest BCUT2D eigenvalue weighted by Gasteiger charge is -2.08. The van der Waals surface area contributed by atoms with E-state index in [1.807, 2.05) is 0 Å². The van der Waals surface area contributed by atoms with Crippen molar-refractivity contribution in [2.45, 2.75) is 26.0 Å². The van der Waals surface area contributed by atoms with E-state index in [2.05, 4.69) is 5.32 Å². The van der Waals surface area contributed by atoms with Gasteiger partial charge in [-0.05, 0) is 32.0 Å². The van der Waals surface area contributed by atoms with Crippen LogP contribution in [0.2, 0.25) is 5.02 Å². The molecule has 0 amide bonds. The lowest BCUT2D eigenvalue weighted by Crippen LogP contribution is -2.19. The van der Waals surface area contributed by atoms with Gasteiger partial charge in [-0.2, -0.15) is 0 Å². The third-order valence-electron chi connectivity index (χ3n) is 2.10. The third-order valence-corrected chi connectivity index (χ3v) is 2.46. The topological polar surface area (TPSA) is 32.3 Å². The summed E-state index contributed by atoms with van der Waals surface area (Å²) < 4.78 is 13.3. The molecule has 0 aliphatic rings. The van der Waals surface area contributed by atoms with Crippen LogP contribution in [0.1, 0.15) is 18.9 Å². The summed E-state index contributed by atoms with van der Waals surface area (Å²) in [6.07, 6.45) is 0.306. The molecule has 2 N–H and O–H groups in total. The van der Waals surface area contributed by atoms with Gasteiger partial charge in [-0.1, -0.05) is 17.7 Å². The zero-order chi connectivity index (χ0) is 11.3. The SMILES string of the molecule is C[C@@H](O)CCNCc1c(F)cccc1Cl. The van der Waals surface area contributed by atoms with Crippen molar-refractivity contribution < 1.29 is 9.50 Å². The van der Waals surface area contributed by atoms with Gasteiger partial charge in [0.2, 0.25) is 0 Å². The van der Waals surface area contributed by atoms with Crippen LogP contribution in [-0.2, 0) is 6.54 Å². The fourth-order valence-corrected chi connectivity index (χ4v) is 1.46. The zero-order valence-corrected chi connectivity index (χ0v) is 9.39. The largest absolute Gasteiger partial charge is 0.393 e. The summed E-state index contributed by atoms with van der Waals surface area (Å²) in [5, 5.41) is 12.5. The Morgan fingerprint density at radius 3 is 2.87 bits per heavy atom. The summed E-state index contributed by atoms with van der Waals surface area (Å²) in [7, 11) is 0. The Balaban J connectivity index is 2.43. The molecule has 0 bridgehead atoms. The highest BCUT2D eigenvalue weighted by Crippen LogP contribution is 2.18. The van der Waals surface area contributed by atoms with Gasteiger partial charge in [0.05, 0.1) is 6.10 Å². The molecule has 84 valence electrons. The van der Waals surface area contributed by atoms with Gasteiger partial charge in [0.15, 0.2) is 0 Å². The van der Waals surface area contributed by atoms with Crippen molar-refractivity contribution >= 4 is 11.6 Å². The van der Waals surface area contributed by atoms with Gasteiger partial charge in [-0.3, -0.25) is 0 Å². The maximum absolute atomic E-state index is 13.3. The zero-order valence-electron chi connectivity index (χ0n) is 8.63. The van der Waals surface area contributed by atoms with E-state index in [4.69, 9.17) is 16.7 Å². The Hall–Kier alpha value is -0.640. The molecule has 0 spiro atoms. The first kappa shape index (κ1) is 12.4. The number of hydrogen-bond donors (Lipinski definition) is 2. The van der Waals surface area contributed by atoms with Gasteiger partial charge in [-0.25, -0.2) is 4.39 Å². The number of rotatable bonds is 5. The Bertz CT molecular complexity index is 297. The van der Waals surface area contributed by atoms with Gasteiger partial charge >= 0.3 is 0 Å². The number of aliphatic hydroxyl groups is 1. The second-order valence-electron chi connectivity index (χ2n) is 3.51. The molecular formula is C11H15ClFNO. The highest BCUT2D eigenvalue weighted by Gasteiger charge is 2.05. The van der Waals surface area contributed by atoms with Crippen molar-refractivity contribution in [3.8, 4) is 0 Å². The molecule has 0 unspecified atom stereocenters. The van der Waals surface area contributed by atoms with Gasteiger partial charge < -0.3 is 10.4 Å². The van der Waals surface area contributed by atoms with Crippen LogP contribution in [-0.4, -0.2) is 17.8 Å². The quantitative estimate of drug-likeness (QED) is 0.763. The lowest BCUT2D eigenvalue weighted by atomic mass is 10.2. The predicted molar refractivity (Wildman–Crippen MR) is 59.4 cm³/mol. The van der Waals surface area contributed by atoms with E-state index in [9.17, 15) is 4.39 Å². The van der Waals surface area contributed by atoms with Crippen molar-refractivity contribution in [2.75, 3.05) is 6.54 Å². The first-order valence-corrected chi connectivity index (χ1v) is 5.30. The van der Waals surface area contributed by atoms with Crippen molar-refractivity contribution in [3.05, 3.63) is 34.6 Å². The molecule has 0 saturated heterocycles. The molecule has 0 aliphatic heterocycles. The molecule has 1 rings (SSSR count). The standard InChI is InChI=1S/C11H15ClFNO/c1-8(15)5-6-14-7-9-10(12)3-2-4-11(9)13/h2-4,8,14-15H,5-7H2,1H3/t8-/m1/s1. The molecule has 0 aromatic heterocycles. The molecule has 1 aromatic carbocycles. The summed E-state index contributed by atoms with van der Waals surface area (Å²) in [5.74, 6) is -0.299. The average molecular weight is 232 g/mol. The number of benzene rings is 1. The van der Waals surface area contributed by atoms with Crippen LogP contribution in [0.25, 0.3) is 0 Å². The smallest absolute Gasteiger partial charge is 0.129 e. The highest BCUT2D eigenvalue weighted by molar-refractivity contribution is 6.31. The lowest BCUT2D eigenvalue weighted by molar-refractivity contribution is 0.183. The fraction of sp³-hybridized carbons (Fsp3) is 0.455. The van der Waals surface area contributed by atoms with Crippen LogP contribution < -0.4 is 5.32 Å². The van der Waals surface area contributed by atoms with Crippen LogP contribution in [0.3, 0.4) is 0 Å². The van der Waals surface area contributed by atoms with Crippen molar-refractivity contribution in [1.29, 1.82) is 0 Å². The third kappa shape index (κ3) is 4.16. The number of halogens is 2. The summed E-state index contributed by atoms with van der Waals surface area (Å²) >= 11 is 5.84. The Morgan fingerprint density at radius 1 is 1.53 bits per heavy atom. The van der Waals surface area contributed by atoms with Crippen LogP contribution in [0.15, 0.2) is 18.2 Å². The molecule has 2 nitrogen and oxygen atoms in total. The molecule has 1 atom stereocenters. The fourth-order valence-electron chi connectivity index (χ4n) is 1.23. The summed E-state index contributed by atoms with van der Waals surface area (Å²) in [5.41, 5.74) is 0.477. The molecule has 15 heavy (non-hydrogen) atoms. The number of nitrogens with one attached hydrogen (secondary N) is 1. The van der Waals surface area contributed by atoms with E-state index in [0.717, 1.165) is 0 Å². The molecule has 0 heterocycles. The molecule has 1 aromatic rings. The van der Waals surface area contributed by atoms with E-state index < -0.39 is 0 Å². The molecule has 0 fully saturated rings. The molecule has 4 heteroatoms. The van der Waals surface area contributed by atoms with E-state index in [-0.39, 0.29) is 11.9 Å². The van der Waals surface area contributed by atoms with E-state index in [1.54, 1.807) is 19.1 Å². The summed E-state index contributed by atoms with van der Waals surface area (Å²) in [6.45, 7) is 2.75. The normalized spacial score (nSPS) is 12.8. The minimum absolute atomic E-state index is 0.299. The van der Waals surface area contributed by atoms with E-state index in [1.165, 1.54) is 6.07 Å². The van der Waals surface area contributed by atoms with Gasteiger partial charge in [0.1, 0.15) is 5.82 Å². The maximum Gasteiger partial charge on any atom is 0.129 e. The van der Waals surface area contributed by atoms with Gasteiger partial charge in [0.25, 0.3) is 0 Å². The first-order chi connectivity index (χ1) is 7.11. The van der Waals surface area contributed by atoms with Gasteiger partial charge in [-0.15, -0.1) is 0 Å². The molecular weight excluding hydrogens is 217 g/mol. The average Bonchev–Trinajstić information content (AvgIpc) is 2.15. The highest BCUT2D eigenvalue weighted by atomic mass is 35.5. The number of aliphatic hydroxyl groups excluding tert-OH is 1. The van der Waals surface area contributed by atoms with Crippen molar-refractivity contribution in [2.24, 2.45) is 0 Å². The Kier molecular flexibility index (Phi) is 5.02. The van der Waals surface area contributed by atoms with Crippen molar-refractivity contribution in [1.82, 2.24) is 5.32 Å². The predicted octanol–water partition coefficient (Wildman–Crippen LogP) is 2.34. The molecule has 0 radical (unpaired) electrons. The van der Waals surface area contributed by atoms with E-state index in [0.29, 0.717) is 30.1 Å². The van der Waals surface area contributed by atoms with E-state index >= 15 is 0 Å². The summed E-state index contributed by atoms with van der Waals surface area (Å²) in [4.78, 5) is 0. The van der Waals surface area contributed by atoms with Crippen LogP contribution in [0.4, 0.5) is 4.39 Å². The Labute approximate surface area is 94.1 Å². The summed E-state index contributed by atoms with van der Waals surface area (Å²) in [6, 6.07) is 4.63. The second kappa shape index (κ2) is 6.05. The van der Waals surface area contributed by atoms with Crippen LogP contribution in [0, 0.1) is 5.82 Å². The minimum Gasteiger partial charge on any atom is -0.393 e. The van der Waals surface area contributed by atoms with Crippen LogP contribution in [0.5, 0.6) is 0 Å². The monoisotopic (exact) mass is 231 g/mol. The Morgan fingerprint density at radius 2 is 2.27 bits per heavy atom. The molecule has 0 aliphatic carbocycles. The first-order valence-electron chi connectivity index (χ1n) is 4.93. The van der Waals surface area contributed by atoms with Gasteiger partial charge in [0, 0.05) is 17.1 Å². The van der Waals surface area contributed by atoms with Crippen LogP contribution >= 0.6 is 11.6 Å². The second-order valence-corrected chi connectivity index (χ2v) is 3.92.